The largest absolute Gasteiger partial charge is 0.485 e. The van der Waals surface area contributed by atoms with E-state index >= 15 is 0 Å². The molecule has 2 aliphatic heterocycles. The molecule has 0 saturated heterocycles. The van der Waals surface area contributed by atoms with Crippen LogP contribution in [0.5, 0.6) is 11.5 Å². The van der Waals surface area contributed by atoms with Crippen LogP contribution in [0.15, 0.2) is 47.1 Å². The Labute approximate surface area is 145 Å². The Hall–Kier alpha value is -3.53. The Bertz CT molecular complexity index is 874. The molecule has 0 fully saturated rings. The maximum Gasteiger partial charge on any atom is 0.187 e. The summed E-state index contributed by atoms with van der Waals surface area (Å²) >= 11 is 0. The number of hydrogen-bond donors (Lipinski definition) is 3. The van der Waals surface area contributed by atoms with Crippen LogP contribution in [0.2, 0.25) is 0 Å². The minimum atomic E-state index is 0.424. The molecule has 0 bridgehead atoms. The highest BCUT2D eigenvalue weighted by atomic mass is 16.6. The molecule has 1 aromatic rings. The zero-order chi connectivity index (χ0) is 17.8. The number of amidine groups is 1. The molecule has 0 atom stereocenters. The number of fused-ring (bicyclic) bond motifs is 1. The maximum absolute atomic E-state index is 9.04. The monoisotopic (exact) mass is 335 g/mol. The Morgan fingerprint density at radius 3 is 2.80 bits per heavy atom. The van der Waals surface area contributed by atoms with Crippen molar-refractivity contribution in [2.24, 2.45) is 4.99 Å². The van der Waals surface area contributed by atoms with Gasteiger partial charge in [0.05, 0.1) is 5.57 Å². The first kappa shape index (κ1) is 16.3. The molecule has 0 aromatic heterocycles. The fraction of sp³-hybridized carbons (Fsp3) is 0.167. The summed E-state index contributed by atoms with van der Waals surface area (Å²) < 4.78 is 11.6. The van der Waals surface area contributed by atoms with E-state index in [0.29, 0.717) is 47.4 Å². The number of nitrogens with one attached hydrogen (secondary N) is 3. The first-order valence-corrected chi connectivity index (χ1v) is 7.66. The molecule has 7 heteroatoms. The molecule has 25 heavy (non-hydrogen) atoms. The number of aliphatic imine (C=N–C) groups is 1. The number of ether oxygens (including phenoxy) is 2. The fourth-order valence-electron chi connectivity index (χ4n) is 2.58. The lowest BCUT2D eigenvalue weighted by Gasteiger charge is -2.23. The van der Waals surface area contributed by atoms with Crippen LogP contribution in [-0.4, -0.2) is 32.3 Å². The molecule has 7 nitrogen and oxygen atoms in total. The van der Waals surface area contributed by atoms with Crippen LogP contribution in [0.3, 0.4) is 0 Å². The molecule has 3 N–H and O–H groups in total. The first-order chi connectivity index (χ1) is 12.2. The van der Waals surface area contributed by atoms with E-state index in [0.717, 1.165) is 11.3 Å². The van der Waals surface area contributed by atoms with Gasteiger partial charge in [-0.25, -0.2) is 4.99 Å². The molecule has 3 rings (SSSR count). The van der Waals surface area contributed by atoms with E-state index in [1.165, 1.54) is 6.21 Å². The van der Waals surface area contributed by atoms with Crippen molar-refractivity contribution >= 4 is 23.4 Å². The van der Waals surface area contributed by atoms with E-state index in [1.807, 2.05) is 12.1 Å². The zero-order valence-electron chi connectivity index (χ0n) is 13.7. The van der Waals surface area contributed by atoms with Gasteiger partial charge < -0.3 is 25.5 Å². The summed E-state index contributed by atoms with van der Waals surface area (Å²) in [6.07, 6.45) is 4.42. The van der Waals surface area contributed by atoms with Crippen molar-refractivity contribution in [1.29, 1.82) is 10.7 Å². The SMILES string of the molecule is C=C1C(C#N)=CN/C1=N/c1ccc(/C(=C/C=N)NC)c2c1OCCO2. The average molecular weight is 335 g/mol. The van der Waals surface area contributed by atoms with E-state index in [9.17, 15) is 0 Å². The van der Waals surface area contributed by atoms with Gasteiger partial charge in [0.2, 0.25) is 0 Å². The second kappa shape index (κ2) is 6.93. The van der Waals surface area contributed by atoms with Gasteiger partial charge in [0.25, 0.3) is 0 Å². The highest BCUT2D eigenvalue weighted by molar-refractivity contribution is 6.07. The van der Waals surface area contributed by atoms with Crippen LogP contribution in [0.25, 0.3) is 5.70 Å². The second-order valence-electron chi connectivity index (χ2n) is 5.24. The topological polar surface area (TPSA) is 103 Å². The van der Waals surface area contributed by atoms with Gasteiger partial charge in [-0.2, -0.15) is 5.26 Å². The molecular weight excluding hydrogens is 318 g/mol. The predicted molar refractivity (Wildman–Crippen MR) is 96.3 cm³/mol. The maximum atomic E-state index is 9.04. The van der Waals surface area contributed by atoms with Crippen molar-refractivity contribution in [3.05, 3.63) is 47.7 Å². The smallest absolute Gasteiger partial charge is 0.187 e. The van der Waals surface area contributed by atoms with Crippen LogP contribution in [0, 0.1) is 16.7 Å². The average Bonchev–Trinajstić information content (AvgIpc) is 3.00. The summed E-state index contributed by atoms with van der Waals surface area (Å²) in [5.74, 6) is 1.61. The minimum absolute atomic E-state index is 0.424. The van der Waals surface area contributed by atoms with E-state index in [4.69, 9.17) is 20.1 Å². The van der Waals surface area contributed by atoms with Gasteiger partial charge in [-0.05, 0) is 18.2 Å². The third-order valence-electron chi connectivity index (χ3n) is 3.79. The number of nitrogens with zero attached hydrogens (tertiary/aromatic N) is 2. The van der Waals surface area contributed by atoms with E-state index in [1.54, 1.807) is 19.3 Å². The lowest BCUT2D eigenvalue weighted by molar-refractivity contribution is 0.172. The van der Waals surface area contributed by atoms with Crippen LogP contribution in [0.1, 0.15) is 5.56 Å². The molecule has 0 saturated carbocycles. The number of benzene rings is 1. The standard InChI is InChI=1S/C18H17N5O2/c1-11-12(9-20)10-22-18(11)23-15-4-3-13(14(21-2)5-6-19)16-17(15)25-8-7-24-16/h3-6,10,19,21H,1,7-8H2,2H3,(H,22,23)/b14-5-,19-6?. The van der Waals surface area contributed by atoms with Gasteiger partial charge in [-0.15, -0.1) is 0 Å². The molecule has 1 aromatic carbocycles. The van der Waals surface area contributed by atoms with Gasteiger partial charge in [-0.3, -0.25) is 0 Å². The molecule has 0 amide bonds. The minimum Gasteiger partial charge on any atom is -0.485 e. The predicted octanol–water partition coefficient (Wildman–Crippen LogP) is 2.26. The molecule has 126 valence electrons. The van der Waals surface area contributed by atoms with Crippen LogP contribution in [0.4, 0.5) is 5.69 Å². The van der Waals surface area contributed by atoms with Crippen molar-refractivity contribution in [1.82, 2.24) is 10.6 Å². The summed E-state index contributed by atoms with van der Waals surface area (Å²) in [4.78, 5) is 4.54. The highest BCUT2D eigenvalue weighted by Gasteiger charge is 2.23. The van der Waals surface area contributed by atoms with Crippen molar-refractivity contribution in [3.8, 4) is 17.6 Å². The van der Waals surface area contributed by atoms with Crippen molar-refractivity contribution in [2.75, 3.05) is 20.3 Å². The van der Waals surface area contributed by atoms with E-state index in [2.05, 4.69) is 28.3 Å². The number of nitriles is 1. The summed E-state index contributed by atoms with van der Waals surface area (Å²) in [6.45, 7) is 4.74. The molecule has 0 aliphatic carbocycles. The van der Waals surface area contributed by atoms with Gasteiger partial charge >= 0.3 is 0 Å². The molecule has 0 radical (unpaired) electrons. The fourth-order valence-corrected chi connectivity index (χ4v) is 2.58. The summed E-state index contributed by atoms with van der Waals surface area (Å²) in [6, 6.07) is 5.73. The van der Waals surface area contributed by atoms with Crippen molar-refractivity contribution in [2.45, 2.75) is 0 Å². The molecule has 0 unspecified atom stereocenters. The Morgan fingerprint density at radius 1 is 1.40 bits per heavy atom. The second-order valence-corrected chi connectivity index (χ2v) is 5.24. The van der Waals surface area contributed by atoms with Crippen molar-refractivity contribution < 1.29 is 9.47 Å². The molecule has 0 spiro atoms. The highest BCUT2D eigenvalue weighted by Crippen LogP contribution is 2.44. The molecule has 2 heterocycles. The normalized spacial score (nSPS) is 17.6. The lowest BCUT2D eigenvalue weighted by Crippen LogP contribution is -2.18. The third kappa shape index (κ3) is 2.97. The summed E-state index contributed by atoms with van der Waals surface area (Å²) in [5, 5.41) is 22.3. The number of hydrogen-bond acceptors (Lipinski definition) is 6. The van der Waals surface area contributed by atoms with E-state index < -0.39 is 0 Å². The van der Waals surface area contributed by atoms with Gasteiger partial charge in [0.1, 0.15) is 30.8 Å². The summed E-state index contributed by atoms with van der Waals surface area (Å²) in [5.41, 5.74) is 3.11. The van der Waals surface area contributed by atoms with Gasteiger partial charge in [-0.1, -0.05) is 6.58 Å². The van der Waals surface area contributed by atoms with E-state index in [-0.39, 0.29) is 0 Å². The third-order valence-corrected chi connectivity index (χ3v) is 3.79. The zero-order valence-corrected chi connectivity index (χ0v) is 13.7. The van der Waals surface area contributed by atoms with Crippen LogP contribution in [-0.2, 0) is 0 Å². The molecule has 2 aliphatic rings. The van der Waals surface area contributed by atoms with Crippen LogP contribution >= 0.6 is 0 Å². The Balaban J connectivity index is 2.06. The van der Waals surface area contributed by atoms with Gasteiger partial charge in [0, 0.05) is 36.3 Å². The quantitative estimate of drug-likeness (QED) is 0.733. The summed E-state index contributed by atoms with van der Waals surface area (Å²) in [7, 11) is 1.78. The van der Waals surface area contributed by atoms with Gasteiger partial charge in [0.15, 0.2) is 11.5 Å². The molecular formula is C18H17N5O2. The number of rotatable bonds is 4. The van der Waals surface area contributed by atoms with Crippen LogP contribution < -0.4 is 20.1 Å². The Kier molecular flexibility index (Phi) is 4.53. The lowest BCUT2D eigenvalue weighted by atomic mass is 10.1. The Morgan fingerprint density at radius 2 is 2.16 bits per heavy atom. The number of allylic oxidation sites excluding steroid dienone is 1. The first-order valence-electron chi connectivity index (χ1n) is 7.66. The van der Waals surface area contributed by atoms with Crippen molar-refractivity contribution in [3.63, 3.8) is 0 Å².